The van der Waals surface area contributed by atoms with Crippen LogP contribution < -0.4 is 5.32 Å². The molecule has 0 heterocycles. The van der Waals surface area contributed by atoms with Gasteiger partial charge in [-0.15, -0.1) is 0 Å². The zero-order valence-electron chi connectivity index (χ0n) is 33.3. The molecule has 0 aromatic carbocycles. The molecule has 0 aliphatic heterocycles. The zero-order chi connectivity index (χ0) is 36.6. The topological polar surface area (TPSA) is 89.8 Å². The van der Waals surface area contributed by atoms with E-state index in [2.05, 4.69) is 43.5 Å². The van der Waals surface area contributed by atoms with Gasteiger partial charge in [0.25, 0.3) is 0 Å². The van der Waals surface area contributed by atoms with E-state index in [9.17, 15) is 20.1 Å². The predicted octanol–water partition coefficient (Wildman–Crippen LogP) is 12.4. The number of allylic oxidation sites excluding steroid dienone is 5. The first-order valence-electron chi connectivity index (χ1n) is 21.8. The Morgan fingerprint density at radius 3 is 1.22 bits per heavy atom. The molecule has 5 nitrogen and oxygen atoms in total. The van der Waals surface area contributed by atoms with Gasteiger partial charge in [-0.1, -0.05) is 198 Å². The molecule has 0 spiro atoms. The van der Waals surface area contributed by atoms with Gasteiger partial charge in [0, 0.05) is 0 Å². The highest BCUT2D eigenvalue weighted by Crippen LogP contribution is 2.15. The lowest BCUT2D eigenvalue weighted by Gasteiger charge is -2.21. The van der Waals surface area contributed by atoms with Gasteiger partial charge in [-0.05, 0) is 57.8 Å². The van der Waals surface area contributed by atoms with E-state index >= 15 is 0 Å². The standard InChI is InChI=1S/C45H85NO4/c1-3-5-7-9-11-13-15-16-17-18-19-20-21-22-23-24-25-26-27-28-30-32-34-36-38-40-44(49)45(50)46-42(41-47)43(48)39-37-35-33-31-29-14-12-10-8-6-4-2/h22-23,29,31,37,39,42-44,47-49H,3-21,24-28,30,32-36,38,40-41H2,1-2H3,(H,46,50)/b23-22-,31-29+,39-37+. The van der Waals surface area contributed by atoms with Crippen LogP contribution in [0.1, 0.15) is 219 Å². The van der Waals surface area contributed by atoms with Crippen molar-refractivity contribution in [1.29, 1.82) is 0 Å². The van der Waals surface area contributed by atoms with E-state index in [1.54, 1.807) is 6.08 Å². The molecule has 0 saturated heterocycles. The zero-order valence-corrected chi connectivity index (χ0v) is 33.3. The predicted molar refractivity (Wildman–Crippen MR) is 218 cm³/mol. The number of aliphatic hydroxyl groups excluding tert-OH is 3. The van der Waals surface area contributed by atoms with Crippen LogP contribution in [0.2, 0.25) is 0 Å². The number of amides is 1. The molecule has 0 rings (SSSR count). The Balaban J connectivity index is 3.62. The van der Waals surface area contributed by atoms with E-state index in [-0.39, 0.29) is 6.61 Å². The van der Waals surface area contributed by atoms with Crippen LogP contribution in [-0.4, -0.2) is 46.1 Å². The minimum atomic E-state index is -1.11. The summed E-state index contributed by atoms with van der Waals surface area (Å²) in [5, 5.41) is 33.0. The van der Waals surface area contributed by atoms with Gasteiger partial charge in [-0.2, -0.15) is 0 Å². The number of hydrogen-bond donors (Lipinski definition) is 4. The molecule has 0 aliphatic carbocycles. The first-order valence-corrected chi connectivity index (χ1v) is 21.8. The maximum absolute atomic E-state index is 12.4. The van der Waals surface area contributed by atoms with Crippen LogP contribution in [0.4, 0.5) is 0 Å². The van der Waals surface area contributed by atoms with Crippen molar-refractivity contribution in [2.24, 2.45) is 0 Å². The second-order valence-electron chi connectivity index (χ2n) is 14.9. The normalized spacial score (nSPS) is 13.9. The van der Waals surface area contributed by atoms with Crippen LogP contribution in [0.3, 0.4) is 0 Å². The summed E-state index contributed by atoms with van der Waals surface area (Å²) in [5.74, 6) is -0.516. The summed E-state index contributed by atoms with van der Waals surface area (Å²) in [6, 6.07) is -0.813. The summed E-state index contributed by atoms with van der Waals surface area (Å²) in [6.45, 7) is 4.14. The fourth-order valence-electron chi connectivity index (χ4n) is 6.49. The third-order valence-electron chi connectivity index (χ3n) is 9.95. The number of rotatable bonds is 39. The van der Waals surface area contributed by atoms with Crippen LogP contribution in [0.15, 0.2) is 36.5 Å². The van der Waals surface area contributed by atoms with Crippen molar-refractivity contribution in [2.45, 2.75) is 238 Å². The number of hydrogen-bond acceptors (Lipinski definition) is 4. The highest BCUT2D eigenvalue weighted by Gasteiger charge is 2.22. The van der Waals surface area contributed by atoms with Crippen LogP contribution in [-0.2, 0) is 4.79 Å². The molecule has 0 aliphatic rings. The summed E-state index contributed by atoms with van der Waals surface area (Å²) in [5.41, 5.74) is 0. The molecule has 0 saturated carbocycles. The van der Waals surface area contributed by atoms with Crippen LogP contribution >= 0.6 is 0 Å². The van der Waals surface area contributed by atoms with Gasteiger partial charge in [0.15, 0.2) is 0 Å². The third kappa shape index (κ3) is 35.0. The van der Waals surface area contributed by atoms with E-state index in [1.807, 2.05) is 6.08 Å². The Bertz CT molecular complexity index is 779. The van der Waals surface area contributed by atoms with Crippen molar-refractivity contribution in [3.63, 3.8) is 0 Å². The van der Waals surface area contributed by atoms with Crippen molar-refractivity contribution in [1.82, 2.24) is 5.32 Å². The molecule has 0 radical (unpaired) electrons. The molecule has 0 aromatic heterocycles. The van der Waals surface area contributed by atoms with Crippen molar-refractivity contribution in [3.05, 3.63) is 36.5 Å². The van der Waals surface area contributed by atoms with Gasteiger partial charge in [0.2, 0.25) is 5.91 Å². The van der Waals surface area contributed by atoms with E-state index in [1.165, 1.54) is 161 Å². The van der Waals surface area contributed by atoms with Gasteiger partial charge < -0.3 is 20.6 Å². The van der Waals surface area contributed by atoms with Gasteiger partial charge >= 0.3 is 0 Å². The molecule has 0 aromatic rings. The van der Waals surface area contributed by atoms with E-state index < -0.39 is 24.2 Å². The Morgan fingerprint density at radius 1 is 0.480 bits per heavy atom. The quantitative estimate of drug-likeness (QED) is 0.0379. The average molecular weight is 704 g/mol. The monoisotopic (exact) mass is 704 g/mol. The van der Waals surface area contributed by atoms with Crippen LogP contribution in [0, 0.1) is 0 Å². The molecule has 4 N–H and O–H groups in total. The van der Waals surface area contributed by atoms with Gasteiger partial charge in [0.05, 0.1) is 18.8 Å². The van der Waals surface area contributed by atoms with E-state index in [4.69, 9.17) is 0 Å². The molecule has 0 fully saturated rings. The Kier molecular flexibility index (Phi) is 39.2. The van der Waals surface area contributed by atoms with Crippen LogP contribution in [0.25, 0.3) is 0 Å². The minimum absolute atomic E-state index is 0.377. The number of unbranched alkanes of at least 4 members (excludes halogenated alkanes) is 27. The first kappa shape index (κ1) is 48.6. The van der Waals surface area contributed by atoms with Gasteiger partial charge in [-0.25, -0.2) is 0 Å². The summed E-state index contributed by atoms with van der Waals surface area (Å²) in [6.07, 6.45) is 50.4. The largest absolute Gasteiger partial charge is 0.394 e. The van der Waals surface area contributed by atoms with E-state index in [0.29, 0.717) is 6.42 Å². The van der Waals surface area contributed by atoms with E-state index in [0.717, 1.165) is 38.5 Å². The van der Waals surface area contributed by atoms with Gasteiger partial charge in [-0.3, -0.25) is 4.79 Å². The summed E-state index contributed by atoms with van der Waals surface area (Å²) in [7, 11) is 0. The maximum atomic E-state index is 12.4. The third-order valence-corrected chi connectivity index (χ3v) is 9.95. The Hall–Kier alpha value is -1.43. The maximum Gasteiger partial charge on any atom is 0.249 e. The Morgan fingerprint density at radius 2 is 0.820 bits per heavy atom. The highest BCUT2D eigenvalue weighted by atomic mass is 16.3. The van der Waals surface area contributed by atoms with Gasteiger partial charge in [0.1, 0.15) is 6.10 Å². The van der Waals surface area contributed by atoms with Crippen molar-refractivity contribution < 1.29 is 20.1 Å². The van der Waals surface area contributed by atoms with Crippen molar-refractivity contribution >= 4 is 5.91 Å². The van der Waals surface area contributed by atoms with Crippen LogP contribution in [0.5, 0.6) is 0 Å². The molecule has 3 atom stereocenters. The molecular formula is C45H85NO4. The fraction of sp³-hybridized carbons (Fsp3) is 0.844. The number of carbonyl (C=O) groups excluding carboxylic acids is 1. The molecule has 5 heteroatoms. The lowest BCUT2D eigenvalue weighted by atomic mass is 10.0. The highest BCUT2D eigenvalue weighted by molar-refractivity contribution is 5.80. The molecule has 294 valence electrons. The minimum Gasteiger partial charge on any atom is -0.394 e. The Labute approximate surface area is 311 Å². The second kappa shape index (κ2) is 40.3. The smallest absolute Gasteiger partial charge is 0.249 e. The molecular weight excluding hydrogens is 618 g/mol. The lowest BCUT2D eigenvalue weighted by molar-refractivity contribution is -0.131. The summed E-state index contributed by atoms with van der Waals surface area (Å²) < 4.78 is 0. The summed E-state index contributed by atoms with van der Waals surface area (Å²) in [4.78, 5) is 12.4. The van der Waals surface area contributed by atoms with Crippen molar-refractivity contribution in [3.8, 4) is 0 Å². The molecule has 3 unspecified atom stereocenters. The first-order chi connectivity index (χ1) is 24.6. The summed E-state index contributed by atoms with van der Waals surface area (Å²) >= 11 is 0. The molecule has 1 amide bonds. The second-order valence-corrected chi connectivity index (χ2v) is 14.9. The molecule has 50 heavy (non-hydrogen) atoms. The fourth-order valence-corrected chi connectivity index (χ4v) is 6.49. The SMILES string of the molecule is CCCCCCC/C=C/CC/C=C/C(O)C(CO)NC(=O)C(O)CCCCCCCCCCC/C=C\CCCCCCCCCCCCCC. The number of nitrogens with one attached hydrogen (secondary N) is 1. The average Bonchev–Trinajstić information content (AvgIpc) is 3.12. The van der Waals surface area contributed by atoms with Crippen molar-refractivity contribution in [2.75, 3.05) is 6.61 Å². The number of carbonyl (C=O) groups is 1. The molecule has 0 bridgehead atoms. The lowest BCUT2D eigenvalue weighted by Crippen LogP contribution is -2.48. The number of aliphatic hydroxyl groups is 3.